The average Bonchev–Trinajstić information content (AvgIpc) is 2.42. The van der Waals surface area contributed by atoms with E-state index >= 15 is 0 Å². The van der Waals surface area contributed by atoms with E-state index in [1.165, 1.54) is 25.7 Å². The standard InChI is InChI=1S/C10H19NO2S.ClH/c12-14(13)8-5-10(9-14)11-6-3-1-2-4-7-11;/h10H,1-9H2;1H/p-1. The zero-order chi connectivity index (χ0) is 10.0. The van der Waals surface area contributed by atoms with E-state index in [0.29, 0.717) is 17.5 Å². The fourth-order valence-electron chi connectivity index (χ4n) is 2.52. The molecule has 2 rings (SSSR count). The summed E-state index contributed by atoms with van der Waals surface area (Å²) in [4.78, 5) is 2.40. The lowest BCUT2D eigenvalue weighted by atomic mass is 10.2. The van der Waals surface area contributed by atoms with Crippen molar-refractivity contribution in [3.8, 4) is 0 Å². The van der Waals surface area contributed by atoms with Crippen LogP contribution < -0.4 is 12.4 Å². The first-order chi connectivity index (χ1) is 6.67. The first-order valence-electron chi connectivity index (χ1n) is 5.62. The van der Waals surface area contributed by atoms with Gasteiger partial charge in [-0.1, -0.05) is 12.8 Å². The van der Waals surface area contributed by atoms with Crippen molar-refractivity contribution in [3.63, 3.8) is 0 Å². The highest BCUT2D eigenvalue weighted by Crippen LogP contribution is 2.21. The lowest BCUT2D eigenvalue weighted by Gasteiger charge is -2.25. The Morgan fingerprint density at radius 2 is 1.60 bits per heavy atom. The Morgan fingerprint density at radius 3 is 2.07 bits per heavy atom. The molecule has 1 unspecified atom stereocenters. The molecule has 5 heteroatoms. The molecule has 0 spiro atoms. The molecule has 0 aromatic rings. The van der Waals surface area contributed by atoms with Crippen LogP contribution in [-0.4, -0.2) is 44.0 Å². The summed E-state index contributed by atoms with van der Waals surface area (Å²) in [5.74, 6) is 0.821. The highest BCUT2D eigenvalue weighted by molar-refractivity contribution is 7.91. The van der Waals surface area contributed by atoms with Crippen LogP contribution in [0.4, 0.5) is 0 Å². The van der Waals surface area contributed by atoms with Gasteiger partial charge in [-0.15, -0.1) is 0 Å². The van der Waals surface area contributed by atoms with Gasteiger partial charge in [0.15, 0.2) is 9.84 Å². The van der Waals surface area contributed by atoms with E-state index in [1.807, 2.05) is 0 Å². The fraction of sp³-hybridized carbons (Fsp3) is 1.00. The van der Waals surface area contributed by atoms with Gasteiger partial charge >= 0.3 is 0 Å². The van der Waals surface area contributed by atoms with Gasteiger partial charge in [-0.05, 0) is 32.4 Å². The average molecular weight is 253 g/mol. The van der Waals surface area contributed by atoms with Crippen molar-refractivity contribution in [2.75, 3.05) is 24.6 Å². The summed E-state index contributed by atoms with van der Waals surface area (Å²) in [6.07, 6.45) is 5.99. The zero-order valence-corrected chi connectivity index (χ0v) is 10.6. The Balaban J connectivity index is 0.00000112. The lowest BCUT2D eigenvalue weighted by Crippen LogP contribution is -3.00. The molecule has 2 fully saturated rings. The molecule has 0 aromatic carbocycles. The Labute approximate surface area is 98.6 Å². The predicted molar refractivity (Wildman–Crippen MR) is 57.1 cm³/mol. The second kappa shape index (κ2) is 5.51. The molecule has 0 aliphatic carbocycles. The van der Waals surface area contributed by atoms with Crippen molar-refractivity contribution in [1.82, 2.24) is 4.90 Å². The van der Waals surface area contributed by atoms with Gasteiger partial charge in [0.1, 0.15) is 0 Å². The van der Waals surface area contributed by atoms with E-state index in [0.717, 1.165) is 19.5 Å². The molecule has 0 aromatic heterocycles. The van der Waals surface area contributed by atoms with Crippen LogP contribution in [0.5, 0.6) is 0 Å². The highest BCUT2D eigenvalue weighted by atomic mass is 35.5. The summed E-state index contributed by atoms with van der Waals surface area (Å²) in [7, 11) is -2.70. The van der Waals surface area contributed by atoms with Gasteiger partial charge in [-0.2, -0.15) is 0 Å². The summed E-state index contributed by atoms with van der Waals surface area (Å²) in [5.41, 5.74) is 0. The quantitative estimate of drug-likeness (QED) is 0.545. The van der Waals surface area contributed by atoms with E-state index in [1.54, 1.807) is 0 Å². The molecule has 3 nitrogen and oxygen atoms in total. The molecule has 2 aliphatic heterocycles. The molecule has 15 heavy (non-hydrogen) atoms. The third-order valence-electron chi connectivity index (χ3n) is 3.37. The molecular weight excluding hydrogens is 234 g/mol. The van der Waals surface area contributed by atoms with Crippen LogP contribution in [0, 0.1) is 0 Å². The number of hydrogen-bond donors (Lipinski definition) is 0. The van der Waals surface area contributed by atoms with Crippen LogP contribution >= 0.6 is 0 Å². The molecule has 1 atom stereocenters. The largest absolute Gasteiger partial charge is 1.00 e. The Hall–Kier alpha value is 0.200. The number of sulfone groups is 1. The maximum atomic E-state index is 11.3. The molecule has 90 valence electrons. The normalized spacial score (nSPS) is 31.9. The number of hydrogen-bond acceptors (Lipinski definition) is 3. The van der Waals surface area contributed by atoms with Crippen LogP contribution in [0.3, 0.4) is 0 Å². The van der Waals surface area contributed by atoms with Gasteiger partial charge in [0.25, 0.3) is 0 Å². The molecular formula is C10H19ClNO2S-. The summed E-state index contributed by atoms with van der Waals surface area (Å²) >= 11 is 0. The highest BCUT2D eigenvalue weighted by Gasteiger charge is 2.31. The predicted octanol–water partition coefficient (Wildman–Crippen LogP) is -1.95. The summed E-state index contributed by atoms with van der Waals surface area (Å²) in [5, 5.41) is 0. The third kappa shape index (κ3) is 3.61. The van der Waals surface area contributed by atoms with Crippen LogP contribution in [0.2, 0.25) is 0 Å². The minimum atomic E-state index is -2.70. The molecule has 0 radical (unpaired) electrons. The van der Waals surface area contributed by atoms with E-state index in [2.05, 4.69) is 4.90 Å². The van der Waals surface area contributed by atoms with Gasteiger partial charge in [0, 0.05) is 6.04 Å². The van der Waals surface area contributed by atoms with Gasteiger partial charge in [0.05, 0.1) is 11.5 Å². The second-order valence-electron chi connectivity index (χ2n) is 4.51. The molecule has 2 saturated heterocycles. The van der Waals surface area contributed by atoms with E-state index in [9.17, 15) is 8.42 Å². The molecule has 0 N–H and O–H groups in total. The minimum Gasteiger partial charge on any atom is -1.00 e. The smallest absolute Gasteiger partial charge is 0.151 e. The van der Waals surface area contributed by atoms with Gasteiger partial charge < -0.3 is 12.4 Å². The minimum absolute atomic E-state index is 0. The molecule has 2 heterocycles. The van der Waals surface area contributed by atoms with E-state index in [4.69, 9.17) is 0 Å². The van der Waals surface area contributed by atoms with Crippen molar-refractivity contribution < 1.29 is 20.8 Å². The van der Waals surface area contributed by atoms with Crippen molar-refractivity contribution >= 4 is 9.84 Å². The van der Waals surface area contributed by atoms with Crippen molar-refractivity contribution in [2.45, 2.75) is 38.1 Å². The maximum Gasteiger partial charge on any atom is 0.151 e. The first-order valence-corrected chi connectivity index (χ1v) is 7.44. The monoisotopic (exact) mass is 252 g/mol. The second-order valence-corrected chi connectivity index (χ2v) is 6.74. The van der Waals surface area contributed by atoms with Crippen molar-refractivity contribution in [2.24, 2.45) is 0 Å². The Bertz CT molecular complexity index is 284. The van der Waals surface area contributed by atoms with E-state index in [-0.39, 0.29) is 12.4 Å². The Morgan fingerprint density at radius 1 is 1.00 bits per heavy atom. The molecule has 0 amide bonds. The van der Waals surface area contributed by atoms with Gasteiger partial charge in [-0.3, -0.25) is 4.90 Å². The van der Waals surface area contributed by atoms with Crippen LogP contribution in [0.1, 0.15) is 32.1 Å². The number of halogens is 1. The summed E-state index contributed by atoms with van der Waals surface area (Å²) in [6, 6.07) is 0.332. The molecule has 0 saturated carbocycles. The fourth-order valence-corrected chi connectivity index (χ4v) is 4.29. The maximum absolute atomic E-state index is 11.3. The zero-order valence-electron chi connectivity index (χ0n) is 8.99. The van der Waals surface area contributed by atoms with Crippen LogP contribution in [-0.2, 0) is 9.84 Å². The topological polar surface area (TPSA) is 37.4 Å². The summed E-state index contributed by atoms with van der Waals surface area (Å²) < 4.78 is 22.7. The van der Waals surface area contributed by atoms with Crippen molar-refractivity contribution in [3.05, 3.63) is 0 Å². The van der Waals surface area contributed by atoms with Crippen LogP contribution in [0.25, 0.3) is 0 Å². The lowest BCUT2D eigenvalue weighted by molar-refractivity contribution is -0.00000548. The summed E-state index contributed by atoms with van der Waals surface area (Å²) in [6.45, 7) is 2.22. The SMILES string of the molecule is O=S1(=O)CCC(N2CCCCCC2)C1.[Cl-]. The van der Waals surface area contributed by atoms with Gasteiger partial charge in [0.2, 0.25) is 0 Å². The van der Waals surface area contributed by atoms with Gasteiger partial charge in [-0.25, -0.2) is 8.42 Å². The first kappa shape index (κ1) is 13.3. The third-order valence-corrected chi connectivity index (χ3v) is 5.12. The van der Waals surface area contributed by atoms with Crippen molar-refractivity contribution in [1.29, 1.82) is 0 Å². The number of likely N-dealkylation sites (tertiary alicyclic amines) is 1. The molecule has 0 bridgehead atoms. The Kier molecular flexibility index (Phi) is 4.87. The number of nitrogens with zero attached hydrogens (tertiary/aromatic N) is 1. The van der Waals surface area contributed by atoms with E-state index < -0.39 is 9.84 Å². The van der Waals surface area contributed by atoms with Crippen LogP contribution in [0.15, 0.2) is 0 Å². The number of rotatable bonds is 1. The molecule has 2 aliphatic rings.